The predicted octanol–water partition coefficient (Wildman–Crippen LogP) is 5.81. The molecule has 0 heterocycles. The maximum absolute atomic E-state index is 12.4. The molecule has 0 amide bonds. The number of benzene rings is 2. The van der Waals surface area contributed by atoms with Crippen LogP contribution in [-0.4, -0.2) is 19.1 Å². The Hall–Kier alpha value is -2.98. The molecular weight excluding hydrogens is 366 g/mol. The van der Waals surface area contributed by atoms with Gasteiger partial charge >= 0.3 is 5.97 Å². The molecule has 29 heavy (non-hydrogen) atoms. The Morgan fingerprint density at radius 2 is 1.86 bits per heavy atom. The molecule has 1 atom stereocenters. The van der Waals surface area contributed by atoms with Crippen molar-refractivity contribution in [2.45, 2.75) is 46.1 Å². The summed E-state index contributed by atoms with van der Waals surface area (Å²) in [6.07, 6.45) is 1.68. The second kappa shape index (κ2) is 11.8. The Morgan fingerprint density at radius 3 is 2.55 bits per heavy atom. The lowest BCUT2D eigenvalue weighted by Gasteiger charge is -2.13. The van der Waals surface area contributed by atoms with E-state index in [4.69, 9.17) is 15.0 Å². The number of rotatable bonds is 11. The highest BCUT2D eigenvalue weighted by molar-refractivity contribution is 5.77. The average Bonchev–Trinajstić information content (AvgIpc) is 2.72. The van der Waals surface area contributed by atoms with Gasteiger partial charge in [0.15, 0.2) is 0 Å². The highest BCUT2D eigenvalue weighted by Crippen LogP contribution is 2.20. The lowest BCUT2D eigenvalue weighted by atomic mass is 9.97. The van der Waals surface area contributed by atoms with Crippen molar-refractivity contribution in [3.05, 3.63) is 75.7 Å². The van der Waals surface area contributed by atoms with Gasteiger partial charge in [-0.05, 0) is 60.0 Å². The van der Waals surface area contributed by atoms with Crippen LogP contribution in [0.2, 0.25) is 0 Å². The van der Waals surface area contributed by atoms with E-state index in [9.17, 15) is 4.79 Å². The lowest BCUT2D eigenvalue weighted by Crippen LogP contribution is -2.13. The van der Waals surface area contributed by atoms with Gasteiger partial charge in [0.1, 0.15) is 12.4 Å². The molecule has 0 fully saturated rings. The number of carbonyl (C=O) groups is 1. The van der Waals surface area contributed by atoms with Gasteiger partial charge in [0.25, 0.3) is 0 Å². The zero-order valence-corrected chi connectivity index (χ0v) is 17.4. The topological polar surface area (TPSA) is 84.3 Å². The Balaban J connectivity index is 1.84. The molecule has 0 spiro atoms. The first-order valence-electron chi connectivity index (χ1n) is 9.97. The number of azide groups is 1. The summed E-state index contributed by atoms with van der Waals surface area (Å²) in [6.45, 7) is 7.32. The van der Waals surface area contributed by atoms with Gasteiger partial charge < -0.3 is 9.47 Å². The molecule has 1 unspecified atom stereocenters. The van der Waals surface area contributed by atoms with Crippen LogP contribution in [-0.2, 0) is 22.6 Å². The van der Waals surface area contributed by atoms with Crippen LogP contribution in [0.5, 0.6) is 5.75 Å². The smallest absolute Gasteiger partial charge is 0.313 e. The van der Waals surface area contributed by atoms with Gasteiger partial charge in [-0.1, -0.05) is 55.4 Å². The van der Waals surface area contributed by atoms with Gasteiger partial charge in [-0.25, -0.2) is 0 Å². The van der Waals surface area contributed by atoms with E-state index in [1.807, 2.05) is 43.3 Å². The van der Waals surface area contributed by atoms with Crippen molar-refractivity contribution in [1.29, 1.82) is 0 Å². The zero-order valence-electron chi connectivity index (χ0n) is 17.4. The van der Waals surface area contributed by atoms with Crippen molar-refractivity contribution in [3.63, 3.8) is 0 Å². The van der Waals surface area contributed by atoms with Crippen molar-refractivity contribution in [2.75, 3.05) is 13.2 Å². The average molecular weight is 396 g/mol. The molecule has 0 saturated heterocycles. The SMILES string of the molecule is CC(C)Cc1ccc(C(C)C(=O)OCc2cccc(OCCCN=[N+]=[N-])c2)cc1. The van der Waals surface area contributed by atoms with Crippen LogP contribution < -0.4 is 4.74 Å². The summed E-state index contributed by atoms with van der Waals surface area (Å²) in [6, 6.07) is 15.6. The van der Waals surface area contributed by atoms with E-state index < -0.39 is 0 Å². The van der Waals surface area contributed by atoms with Crippen LogP contribution in [0.15, 0.2) is 53.6 Å². The van der Waals surface area contributed by atoms with Gasteiger partial charge in [0, 0.05) is 11.5 Å². The predicted molar refractivity (Wildman–Crippen MR) is 114 cm³/mol. The molecule has 0 bridgehead atoms. The van der Waals surface area contributed by atoms with E-state index in [2.05, 4.69) is 36.0 Å². The van der Waals surface area contributed by atoms with E-state index >= 15 is 0 Å². The Bertz CT molecular complexity index is 828. The number of hydrogen-bond donors (Lipinski definition) is 0. The third kappa shape index (κ3) is 7.88. The number of nitrogens with zero attached hydrogens (tertiary/aromatic N) is 3. The highest BCUT2D eigenvalue weighted by Gasteiger charge is 2.17. The molecule has 2 aromatic rings. The van der Waals surface area contributed by atoms with Crippen LogP contribution in [0, 0.1) is 5.92 Å². The molecule has 2 aromatic carbocycles. The first-order valence-corrected chi connectivity index (χ1v) is 9.97. The molecule has 6 nitrogen and oxygen atoms in total. The second-order valence-electron chi connectivity index (χ2n) is 7.47. The minimum Gasteiger partial charge on any atom is -0.494 e. The summed E-state index contributed by atoms with van der Waals surface area (Å²) in [7, 11) is 0. The molecule has 0 radical (unpaired) electrons. The number of hydrogen-bond acceptors (Lipinski definition) is 4. The third-order valence-electron chi connectivity index (χ3n) is 4.49. The minimum atomic E-state index is -0.316. The minimum absolute atomic E-state index is 0.199. The summed E-state index contributed by atoms with van der Waals surface area (Å²) in [4.78, 5) is 15.2. The van der Waals surface area contributed by atoms with Crippen LogP contribution in [0.1, 0.15) is 49.8 Å². The number of esters is 1. The summed E-state index contributed by atoms with van der Waals surface area (Å²) in [5, 5.41) is 3.47. The summed E-state index contributed by atoms with van der Waals surface area (Å²) >= 11 is 0. The molecule has 0 aromatic heterocycles. The molecular formula is C23H29N3O3. The number of carbonyl (C=O) groups excluding carboxylic acids is 1. The van der Waals surface area contributed by atoms with E-state index in [0.717, 1.165) is 17.5 Å². The van der Waals surface area contributed by atoms with Crippen molar-refractivity contribution < 1.29 is 14.3 Å². The fraction of sp³-hybridized carbons (Fsp3) is 0.435. The van der Waals surface area contributed by atoms with Crippen LogP contribution >= 0.6 is 0 Å². The molecule has 2 rings (SSSR count). The molecule has 6 heteroatoms. The standard InChI is InChI=1S/C23H29N3O3/c1-17(2)14-19-8-10-21(11-9-19)18(3)23(27)29-16-20-6-4-7-22(15-20)28-13-5-12-25-26-24/h4,6-11,15,17-18H,5,12-14,16H2,1-3H3. The normalized spacial score (nSPS) is 11.6. The largest absolute Gasteiger partial charge is 0.494 e. The Labute approximate surface area is 172 Å². The van der Waals surface area contributed by atoms with Crippen molar-refractivity contribution in [2.24, 2.45) is 11.0 Å². The second-order valence-corrected chi connectivity index (χ2v) is 7.47. The Morgan fingerprint density at radius 1 is 1.10 bits per heavy atom. The monoisotopic (exact) mass is 395 g/mol. The fourth-order valence-corrected chi connectivity index (χ4v) is 2.92. The first-order chi connectivity index (χ1) is 14.0. The summed E-state index contributed by atoms with van der Waals surface area (Å²) < 4.78 is 11.1. The van der Waals surface area contributed by atoms with Crippen LogP contribution in [0.3, 0.4) is 0 Å². The van der Waals surface area contributed by atoms with Crippen molar-refractivity contribution in [3.8, 4) is 5.75 Å². The maximum Gasteiger partial charge on any atom is 0.313 e. The Kier molecular flexibility index (Phi) is 9.06. The van der Waals surface area contributed by atoms with E-state index in [-0.39, 0.29) is 18.5 Å². The van der Waals surface area contributed by atoms with Crippen LogP contribution in [0.25, 0.3) is 10.4 Å². The molecule has 0 aliphatic carbocycles. The van der Waals surface area contributed by atoms with Crippen molar-refractivity contribution >= 4 is 5.97 Å². The first kappa shape index (κ1) is 22.3. The quantitative estimate of drug-likeness (QED) is 0.158. The molecule has 0 saturated carbocycles. The van der Waals surface area contributed by atoms with E-state index in [1.165, 1.54) is 5.56 Å². The van der Waals surface area contributed by atoms with Crippen LogP contribution in [0.4, 0.5) is 0 Å². The molecule has 0 aliphatic rings. The van der Waals surface area contributed by atoms with Gasteiger partial charge in [0.05, 0.1) is 12.5 Å². The zero-order chi connectivity index (χ0) is 21.1. The van der Waals surface area contributed by atoms with Gasteiger partial charge in [-0.15, -0.1) is 0 Å². The van der Waals surface area contributed by atoms with Gasteiger partial charge in [-0.3, -0.25) is 4.79 Å². The third-order valence-corrected chi connectivity index (χ3v) is 4.49. The van der Waals surface area contributed by atoms with Gasteiger partial charge in [0.2, 0.25) is 0 Å². The van der Waals surface area contributed by atoms with Crippen molar-refractivity contribution in [1.82, 2.24) is 0 Å². The van der Waals surface area contributed by atoms with Gasteiger partial charge in [-0.2, -0.15) is 0 Å². The lowest BCUT2D eigenvalue weighted by molar-refractivity contribution is -0.146. The molecule has 0 N–H and O–H groups in total. The summed E-state index contributed by atoms with van der Waals surface area (Å²) in [5.74, 6) is 0.743. The summed E-state index contributed by atoms with van der Waals surface area (Å²) in [5.41, 5.74) is 11.4. The van der Waals surface area contributed by atoms with E-state index in [0.29, 0.717) is 31.2 Å². The fourth-order valence-electron chi connectivity index (χ4n) is 2.92. The highest BCUT2D eigenvalue weighted by atomic mass is 16.5. The number of ether oxygens (including phenoxy) is 2. The van der Waals surface area contributed by atoms with E-state index in [1.54, 1.807) is 0 Å². The molecule has 0 aliphatic heterocycles. The molecule has 154 valence electrons. The maximum atomic E-state index is 12.4.